The van der Waals surface area contributed by atoms with Gasteiger partial charge >= 0.3 is 12.1 Å². The van der Waals surface area contributed by atoms with Gasteiger partial charge in [0.1, 0.15) is 37.1 Å². The van der Waals surface area contributed by atoms with Gasteiger partial charge in [-0.05, 0) is 118 Å². The van der Waals surface area contributed by atoms with Gasteiger partial charge in [0, 0.05) is 35.5 Å². The first-order chi connectivity index (χ1) is 38.0. The number of anilines is 4. The molecule has 8 atom stereocenters. The van der Waals surface area contributed by atoms with Gasteiger partial charge in [0.2, 0.25) is 20.0 Å². The zero-order valence-corrected chi connectivity index (χ0v) is 47.3. The van der Waals surface area contributed by atoms with Gasteiger partial charge in [0.15, 0.2) is 64.4 Å². The minimum absolute atomic E-state index is 0.0399. The van der Waals surface area contributed by atoms with Gasteiger partial charge in [-0.2, -0.15) is 0 Å². The molecule has 0 aliphatic carbocycles. The number of carbonyl (C=O) groups is 4. The number of amides is 6. The average molecular weight is 1170 g/mol. The van der Waals surface area contributed by atoms with Crippen LogP contribution in [0, 0.1) is 0 Å². The number of nitrogens with zero attached hydrogens (tertiary/aromatic N) is 8. The van der Waals surface area contributed by atoms with Crippen molar-refractivity contribution in [2.45, 2.75) is 145 Å². The summed E-state index contributed by atoms with van der Waals surface area (Å²) in [7, 11) is -7.45. The summed E-state index contributed by atoms with van der Waals surface area (Å²) >= 11 is 0. The lowest BCUT2D eigenvalue weighted by atomic mass is 10.1. The molecule has 0 saturated carbocycles. The summed E-state index contributed by atoms with van der Waals surface area (Å²) in [5.41, 5.74) is 0.349. The standard InChI is InChI=1S/C26H34N8O7S.C23H30N8O7S/c1-7-27-22(35)18-17-19(41-26(5,6)40-17)23(39-18)34-13-30-16-20(28-12-29-21(16)34)32-24(36)31-14-8-10-15(11-9-14)42(37,38)33-25(2,3)4;1-5-24-20(34)17-15(32)16(33)21(38-17)31-11-27-14-18(25-10-26-19(14)31)29-22(35)28-12-6-8-13(9-7-12)39(36,37)30-23(2,3)4/h8-13,17-19,23,33H,7H2,1-6H3,(H,27,35)(H2,28,29,31,32,36);6-11,15-17,21,30,32-33H,5H2,1-4H3,(H,24,34)(H2,25,26,28,29,35)/t17-,18+,19-,23-;15-,16+,17-,21+/m10/s1. The van der Waals surface area contributed by atoms with Crippen LogP contribution < -0.4 is 41.3 Å². The molecular weight excluding hydrogens is 1100 g/mol. The maximum absolute atomic E-state index is 12.8. The van der Waals surface area contributed by atoms with Crippen LogP contribution >= 0.6 is 0 Å². The summed E-state index contributed by atoms with van der Waals surface area (Å²) in [4.78, 5) is 75.7. The number of hydrogen-bond acceptors (Lipinski definition) is 20. The maximum atomic E-state index is 12.8. The minimum atomic E-state index is -3.73. The molecule has 10 N–H and O–H groups in total. The summed E-state index contributed by atoms with van der Waals surface area (Å²) in [5.74, 6) is -1.64. The molecule has 3 aliphatic heterocycles. The zero-order chi connectivity index (χ0) is 59.0. The number of aromatic nitrogens is 8. The number of carbonyl (C=O) groups excluding carboxylic acids is 4. The summed E-state index contributed by atoms with van der Waals surface area (Å²) in [6.45, 7) is 18.2. The SMILES string of the molecule is CCNC(=O)[C@H]1O[C@@H](n2cnc3c(NC(=O)Nc4ccc(S(=O)(=O)NC(C)(C)C)cc4)ncnc32)[C@@H]2OC(C)(C)O[C@@H]21.CCNC(=O)[C@H]1O[C@@H](n2cnc3c(NC(=O)Nc4ccc(S(=O)(=O)NC(C)(C)C)cc4)ncnc32)[C@H](O)[C@@H]1O. The number of rotatable bonds is 14. The molecule has 3 saturated heterocycles. The number of hydrogen-bond donors (Lipinski definition) is 10. The highest BCUT2D eigenvalue weighted by Gasteiger charge is 2.58. The van der Waals surface area contributed by atoms with Gasteiger partial charge in [0.05, 0.1) is 22.4 Å². The van der Waals surface area contributed by atoms with E-state index in [-0.39, 0.29) is 44.0 Å². The number of benzene rings is 2. The predicted octanol–water partition coefficient (Wildman–Crippen LogP) is 2.40. The first-order valence-corrected chi connectivity index (χ1v) is 28.3. The van der Waals surface area contributed by atoms with E-state index in [1.54, 1.807) is 66.9 Å². The van der Waals surface area contributed by atoms with Crippen LogP contribution in [0.5, 0.6) is 0 Å². The van der Waals surface area contributed by atoms with E-state index in [4.69, 9.17) is 18.9 Å². The number of nitrogens with one attached hydrogen (secondary N) is 8. The Bertz CT molecular complexity index is 3530. The molecule has 7 heterocycles. The summed E-state index contributed by atoms with van der Waals surface area (Å²) < 4.78 is 81.9. The normalized spacial score (nSPS) is 22.6. The van der Waals surface area contributed by atoms with E-state index in [1.807, 2.05) is 6.92 Å². The fraction of sp³-hybridized carbons (Fsp3) is 0.469. The second-order valence-corrected chi connectivity index (χ2v) is 24.6. The fourth-order valence-corrected chi connectivity index (χ4v) is 11.7. The van der Waals surface area contributed by atoms with Crippen molar-refractivity contribution in [3.05, 3.63) is 73.8 Å². The van der Waals surface area contributed by atoms with Crippen molar-refractivity contribution in [2.75, 3.05) is 34.4 Å². The summed E-state index contributed by atoms with van der Waals surface area (Å²) in [6.07, 6.45) is -3.16. The third-order valence-electron chi connectivity index (χ3n) is 11.9. The Hall–Kier alpha value is -7.40. The van der Waals surface area contributed by atoms with Crippen LogP contribution in [0.1, 0.15) is 81.7 Å². The maximum Gasteiger partial charge on any atom is 0.324 e. The van der Waals surface area contributed by atoms with Gasteiger partial charge in [-0.25, -0.2) is 65.8 Å². The lowest BCUT2D eigenvalue weighted by Crippen LogP contribution is -2.42. The van der Waals surface area contributed by atoms with Crippen molar-refractivity contribution < 1.29 is 65.2 Å². The van der Waals surface area contributed by atoms with Crippen molar-refractivity contribution in [2.24, 2.45) is 0 Å². The van der Waals surface area contributed by atoms with Crippen LogP contribution in [0.15, 0.2) is 83.6 Å². The molecule has 81 heavy (non-hydrogen) atoms. The molecule has 6 amide bonds. The Morgan fingerprint density at radius 2 is 0.975 bits per heavy atom. The topological polar surface area (TPSA) is 397 Å². The second-order valence-electron chi connectivity index (χ2n) is 21.2. The first kappa shape index (κ1) is 59.7. The van der Waals surface area contributed by atoms with E-state index in [1.165, 1.54) is 72.1 Å². The van der Waals surface area contributed by atoms with E-state index in [2.05, 4.69) is 71.2 Å². The molecule has 3 fully saturated rings. The number of ether oxygens (including phenoxy) is 4. The fourth-order valence-electron chi connectivity index (χ4n) is 8.83. The largest absolute Gasteiger partial charge is 0.387 e. The van der Waals surface area contributed by atoms with Crippen molar-refractivity contribution in [3.63, 3.8) is 0 Å². The summed E-state index contributed by atoms with van der Waals surface area (Å²) in [6, 6.07) is 10.0. The molecule has 30 nitrogen and oxygen atoms in total. The molecule has 6 aromatic rings. The van der Waals surface area contributed by atoms with Crippen LogP contribution in [0.3, 0.4) is 0 Å². The Morgan fingerprint density at radius 1 is 0.568 bits per heavy atom. The summed E-state index contributed by atoms with van der Waals surface area (Å²) in [5, 5.41) is 36.6. The van der Waals surface area contributed by atoms with Gasteiger partial charge in [-0.3, -0.25) is 29.4 Å². The van der Waals surface area contributed by atoms with E-state index in [0.717, 1.165) is 6.33 Å². The molecule has 436 valence electrons. The lowest BCUT2D eigenvalue weighted by molar-refractivity contribution is -0.197. The molecule has 4 aromatic heterocycles. The number of fused-ring (bicyclic) bond motifs is 3. The number of likely N-dealkylation sites (N-methyl/N-ethyl adjacent to an activating group) is 2. The third kappa shape index (κ3) is 13.7. The van der Waals surface area contributed by atoms with Crippen molar-refractivity contribution in [3.8, 4) is 0 Å². The number of aliphatic hydroxyl groups excluding tert-OH is 2. The average Bonchev–Trinajstić information content (AvgIpc) is 4.21. The highest BCUT2D eigenvalue weighted by Crippen LogP contribution is 2.44. The number of sulfonamides is 2. The molecule has 0 bridgehead atoms. The molecule has 9 rings (SSSR count). The molecule has 0 radical (unpaired) electrons. The smallest absolute Gasteiger partial charge is 0.324 e. The van der Waals surface area contributed by atoms with E-state index in [0.29, 0.717) is 30.1 Å². The van der Waals surface area contributed by atoms with E-state index < -0.39 is 104 Å². The molecule has 32 heteroatoms. The Balaban J connectivity index is 0.000000213. The quantitative estimate of drug-likeness (QED) is 0.0748. The predicted molar refractivity (Wildman–Crippen MR) is 290 cm³/mol. The molecule has 0 unspecified atom stereocenters. The highest BCUT2D eigenvalue weighted by atomic mass is 32.2. The number of aliphatic hydroxyl groups is 2. The van der Waals surface area contributed by atoms with Crippen LogP contribution in [-0.4, -0.2) is 157 Å². The molecular formula is C49H64N16O14S2. The minimum Gasteiger partial charge on any atom is -0.387 e. The van der Waals surface area contributed by atoms with Gasteiger partial charge < -0.3 is 50.4 Å². The Labute approximate surface area is 465 Å². The molecule has 2 aromatic carbocycles. The van der Waals surface area contributed by atoms with Gasteiger partial charge in [-0.1, -0.05) is 0 Å². The second kappa shape index (κ2) is 23.2. The molecule has 0 spiro atoms. The Kier molecular flexibility index (Phi) is 17.1. The van der Waals surface area contributed by atoms with Gasteiger partial charge in [0.25, 0.3) is 11.8 Å². The number of urea groups is 2. The monoisotopic (exact) mass is 1160 g/mol. The van der Waals surface area contributed by atoms with Crippen molar-refractivity contribution in [1.82, 2.24) is 59.1 Å². The van der Waals surface area contributed by atoms with Crippen LogP contribution in [-0.2, 0) is 48.6 Å². The Morgan fingerprint density at radius 3 is 1.41 bits per heavy atom. The highest BCUT2D eigenvalue weighted by molar-refractivity contribution is 7.89. The van der Waals surface area contributed by atoms with Crippen LogP contribution in [0.4, 0.5) is 32.6 Å². The van der Waals surface area contributed by atoms with Gasteiger partial charge in [-0.15, -0.1) is 0 Å². The van der Waals surface area contributed by atoms with E-state index in [9.17, 15) is 46.2 Å². The zero-order valence-electron chi connectivity index (χ0n) is 45.6. The lowest BCUT2D eigenvalue weighted by Gasteiger charge is -2.24. The van der Waals surface area contributed by atoms with Crippen LogP contribution in [0.25, 0.3) is 22.3 Å². The number of imidazole rings is 2. The molecule has 3 aliphatic rings. The van der Waals surface area contributed by atoms with Crippen molar-refractivity contribution >= 4 is 89.3 Å². The van der Waals surface area contributed by atoms with E-state index >= 15 is 0 Å². The first-order valence-electron chi connectivity index (χ1n) is 25.4. The van der Waals surface area contributed by atoms with Crippen LogP contribution in [0.2, 0.25) is 0 Å². The van der Waals surface area contributed by atoms with Crippen molar-refractivity contribution in [1.29, 1.82) is 0 Å². The third-order valence-corrected chi connectivity index (χ3v) is 15.5.